The lowest BCUT2D eigenvalue weighted by Gasteiger charge is -2.64. The van der Waals surface area contributed by atoms with Crippen molar-refractivity contribution in [3.8, 4) is 0 Å². The van der Waals surface area contributed by atoms with E-state index in [1.165, 1.54) is 12.3 Å². The number of fused-ring (bicyclic) bond motifs is 1. The Kier molecular flexibility index (Phi) is 8.11. The third-order valence-electron chi connectivity index (χ3n) is 10.2. The fraction of sp³-hybridized carbons (Fsp3) is 0.405. The number of carbonyl (C=O) groups excluding carboxylic acids is 3. The Bertz CT molecular complexity index is 1620. The molecule has 3 aromatic rings. The molecular weight excluding hydrogens is 586 g/mol. The minimum Gasteiger partial charge on any atom is -0.458 e. The molecule has 1 saturated heterocycles. The molecule has 1 aliphatic heterocycles. The van der Waals surface area contributed by atoms with E-state index in [9.17, 15) is 19.5 Å². The van der Waals surface area contributed by atoms with E-state index in [0.29, 0.717) is 5.56 Å². The standard InChI is InChI=1S/C37H39NO8/c1-34(2)27-22-29(43-30(39)18-17-24-12-7-5-8-13-24)36(4)28(44-32(40)25-14-9-6-10-15-25)19-20-35(3,42)37(36,46-34)31(27)45-33(41)26-16-11-21-38-23-26/h5-18,21,23,27-29,31,42H,19-20,22H2,1-4H3/b18-17+/t27-,28+,29+,31-,35+,36+,37+/m1/s1. The minimum absolute atomic E-state index is 0.174. The fourth-order valence-electron chi connectivity index (χ4n) is 7.94. The van der Waals surface area contributed by atoms with Crippen LogP contribution < -0.4 is 0 Å². The number of pyridine rings is 1. The van der Waals surface area contributed by atoms with Gasteiger partial charge in [-0.3, -0.25) is 4.98 Å². The van der Waals surface area contributed by atoms with Crippen molar-refractivity contribution in [2.45, 2.75) is 82.1 Å². The summed E-state index contributed by atoms with van der Waals surface area (Å²) in [6.07, 6.45) is 3.96. The lowest BCUT2D eigenvalue weighted by molar-refractivity contribution is -0.325. The van der Waals surface area contributed by atoms with Crippen molar-refractivity contribution >= 4 is 24.0 Å². The van der Waals surface area contributed by atoms with Gasteiger partial charge < -0.3 is 24.1 Å². The van der Waals surface area contributed by atoms with Gasteiger partial charge in [0.25, 0.3) is 0 Å². The second kappa shape index (κ2) is 11.8. The van der Waals surface area contributed by atoms with Crippen molar-refractivity contribution in [1.29, 1.82) is 0 Å². The summed E-state index contributed by atoms with van der Waals surface area (Å²) < 4.78 is 25.7. The van der Waals surface area contributed by atoms with E-state index >= 15 is 0 Å². The molecule has 2 aromatic carbocycles. The highest BCUT2D eigenvalue weighted by Crippen LogP contribution is 2.68. The Morgan fingerprint density at radius 3 is 2.17 bits per heavy atom. The van der Waals surface area contributed by atoms with Gasteiger partial charge >= 0.3 is 17.9 Å². The zero-order valence-electron chi connectivity index (χ0n) is 26.4. The van der Waals surface area contributed by atoms with Crippen LogP contribution in [0.4, 0.5) is 0 Å². The van der Waals surface area contributed by atoms with Crippen LogP contribution >= 0.6 is 0 Å². The Morgan fingerprint density at radius 2 is 1.50 bits per heavy atom. The van der Waals surface area contributed by atoms with Crippen molar-refractivity contribution < 1.29 is 38.4 Å². The Balaban J connectivity index is 1.44. The van der Waals surface area contributed by atoms with E-state index in [1.807, 2.05) is 51.1 Å². The molecule has 7 atom stereocenters. The quantitative estimate of drug-likeness (QED) is 0.204. The molecule has 0 amide bonds. The van der Waals surface area contributed by atoms with E-state index in [2.05, 4.69) is 4.98 Å². The summed E-state index contributed by atoms with van der Waals surface area (Å²) in [7, 11) is 0. The van der Waals surface area contributed by atoms with Gasteiger partial charge in [-0.15, -0.1) is 0 Å². The van der Waals surface area contributed by atoms with Crippen LogP contribution in [-0.2, 0) is 23.7 Å². The topological polar surface area (TPSA) is 121 Å². The monoisotopic (exact) mass is 625 g/mol. The van der Waals surface area contributed by atoms with Crippen LogP contribution in [0.2, 0.25) is 0 Å². The zero-order valence-corrected chi connectivity index (χ0v) is 26.4. The first-order valence-electron chi connectivity index (χ1n) is 15.6. The molecule has 9 nitrogen and oxygen atoms in total. The third kappa shape index (κ3) is 5.21. The lowest BCUT2D eigenvalue weighted by atomic mass is 9.47. The van der Waals surface area contributed by atoms with Gasteiger partial charge in [-0.25, -0.2) is 14.4 Å². The molecule has 2 aliphatic carbocycles. The van der Waals surface area contributed by atoms with Gasteiger partial charge in [0, 0.05) is 24.4 Å². The molecule has 1 N–H and O–H groups in total. The van der Waals surface area contributed by atoms with Crippen LogP contribution in [0.3, 0.4) is 0 Å². The molecule has 240 valence electrons. The average molecular weight is 626 g/mol. The molecule has 1 spiro atoms. The van der Waals surface area contributed by atoms with Crippen molar-refractivity contribution in [2.24, 2.45) is 11.3 Å². The first kappa shape index (κ1) is 31.6. The van der Waals surface area contributed by atoms with E-state index in [1.54, 1.807) is 61.7 Å². The number of hydrogen-bond donors (Lipinski definition) is 1. The second-order valence-corrected chi connectivity index (χ2v) is 13.4. The summed E-state index contributed by atoms with van der Waals surface area (Å²) in [4.78, 5) is 44.6. The van der Waals surface area contributed by atoms with E-state index < -0.39 is 64.4 Å². The van der Waals surface area contributed by atoms with Crippen molar-refractivity contribution in [3.63, 3.8) is 0 Å². The summed E-state index contributed by atoms with van der Waals surface area (Å²) >= 11 is 0. The highest BCUT2D eigenvalue weighted by molar-refractivity contribution is 5.90. The molecule has 46 heavy (non-hydrogen) atoms. The van der Waals surface area contributed by atoms with Gasteiger partial charge in [0.1, 0.15) is 23.9 Å². The first-order valence-corrected chi connectivity index (χ1v) is 15.6. The van der Waals surface area contributed by atoms with Gasteiger partial charge in [0.05, 0.1) is 27.7 Å². The summed E-state index contributed by atoms with van der Waals surface area (Å²) in [6, 6.07) is 21.2. The van der Waals surface area contributed by atoms with Crippen molar-refractivity contribution in [3.05, 3.63) is 108 Å². The molecule has 1 aromatic heterocycles. The minimum atomic E-state index is -1.63. The molecule has 2 heterocycles. The number of benzene rings is 2. The number of rotatable bonds is 7. The zero-order chi connectivity index (χ0) is 32.7. The predicted molar refractivity (Wildman–Crippen MR) is 168 cm³/mol. The molecular formula is C37H39NO8. The SMILES string of the molecule is CC1(C)O[C@]23[C@H](OC(=O)c4cccnc4)[C@H]1C[C@H](OC(=O)/C=C/c1ccccc1)[C@]2(C)[C@@H](OC(=O)c1ccccc1)CC[C@]3(C)O. The van der Waals surface area contributed by atoms with Crippen LogP contribution in [0.1, 0.15) is 73.2 Å². The Labute approximate surface area is 268 Å². The lowest BCUT2D eigenvalue weighted by Crippen LogP contribution is -2.79. The molecule has 6 rings (SSSR count). The maximum absolute atomic E-state index is 13.6. The van der Waals surface area contributed by atoms with E-state index in [-0.39, 0.29) is 24.8 Å². The Hall–Kier alpha value is -4.34. The number of esters is 3. The van der Waals surface area contributed by atoms with Gasteiger partial charge in [0.2, 0.25) is 0 Å². The smallest absolute Gasteiger partial charge is 0.340 e. The number of ether oxygens (including phenoxy) is 4. The molecule has 0 radical (unpaired) electrons. The molecule has 0 unspecified atom stereocenters. The van der Waals surface area contributed by atoms with Crippen LogP contribution in [0.15, 0.2) is 91.3 Å². The average Bonchev–Trinajstić information content (AvgIpc) is 3.23. The molecule has 2 bridgehead atoms. The van der Waals surface area contributed by atoms with Crippen LogP contribution in [0, 0.1) is 11.3 Å². The number of aliphatic hydroxyl groups is 1. The Morgan fingerprint density at radius 1 is 0.848 bits per heavy atom. The van der Waals surface area contributed by atoms with Crippen molar-refractivity contribution in [1.82, 2.24) is 4.98 Å². The number of aromatic nitrogens is 1. The van der Waals surface area contributed by atoms with Crippen LogP contribution in [-0.4, -0.2) is 63.1 Å². The molecule has 3 aliphatic rings. The highest BCUT2D eigenvalue weighted by Gasteiger charge is 2.82. The summed E-state index contributed by atoms with van der Waals surface area (Å²) in [5.41, 5.74) is -4.03. The van der Waals surface area contributed by atoms with E-state index in [4.69, 9.17) is 18.9 Å². The third-order valence-corrected chi connectivity index (χ3v) is 10.2. The number of carbonyl (C=O) groups is 3. The molecule has 2 saturated carbocycles. The van der Waals surface area contributed by atoms with Gasteiger partial charge in [-0.1, -0.05) is 48.5 Å². The van der Waals surface area contributed by atoms with E-state index in [0.717, 1.165) is 5.56 Å². The summed E-state index contributed by atoms with van der Waals surface area (Å²) in [6.45, 7) is 7.23. The summed E-state index contributed by atoms with van der Waals surface area (Å²) in [5.74, 6) is -2.24. The van der Waals surface area contributed by atoms with Crippen molar-refractivity contribution in [2.75, 3.05) is 0 Å². The second-order valence-electron chi connectivity index (χ2n) is 13.4. The predicted octanol–water partition coefficient (Wildman–Crippen LogP) is 5.58. The number of hydrogen-bond acceptors (Lipinski definition) is 9. The largest absolute Gasteiger partial charge is 0.458 e. The molecule has 3 fully saturated rings. The fourth-order valence-corrected chi connectivity index (χ4v) is 7.94. The van der Waals surface area contributed by atoms with Gasteiger partial charge in [0.15, 0.2) is 0 Å². The maximum Gasteiger partial charge on any atom is 0.340 e. The van der Waals surface area contributed by atoms with Gasteiger partial charge in [-0.05, 0) is 82.9 Å². The summed E-state index contributed by atoms with van der Waals surface area (Å²) in [5, 5.41) is 12.3. The first-order chi connectivity index (χ1) is 21.9. The normalized spacial score (nSPS) is 32.7. The highest BCUT2D eigenvalue weighted by atomic mass is 16.6. The maximum atomic E-state index is 13.6. The molecule has 9 heteroatoms. The van der Waals surface area contributed by atoms with Crippen LogP contribution in [0.5, 0.6) is 0 Å². The van der Waals surface area contributed by atoms with Crippen LogP contribution in [0.25, 0.3) is 6.08 Å². The van der Waals surface area contributed by atoms with Gasteiger partial charge in [-0.2, -0.15) is 0 Å². The number of nitrogens with zero attached hydrogens (tertiary/aromatic N) is 1.